The first kappa shape index (κ1) is 17.4. The highest BCUT2D eigenvalue weighted by atomic mass is 35.5. The number of benzene rings is 1. The minimum Gasteiger partial charge on any atom is -0.352 e. The fourth-order valence-corrected chi connectivity index (χ4v) is 3.39. The lowest BCUT2D eigenvalue weighted by Gasteiger charge is -2.35. The molecule has 4 rings (SSSR count). The zero-order valence-electron chi connectivity index (χ0n) is 13.6. The molecule has 3 N–H and O–H groups in total. The lowest BCUT2D eigenvalue weighted by Crippen LogP contribution is -2.52. The summed E-state index contributed by atoms with van der Waals surface area (Å²) in [5.74, 6) is -0.344. The number of carbonyl (C=O) groups excluding carboxylic acids is 2. The Morgan fingerprint density at radius 1 is 1.20 bits per heavy atom. The van der Waals surface area contributed by atoms with Crippen molar-refractivity contribution in [1.82, 2.24) is 25.7 Å². The number of carbonyl (C=O) groups is 2. The van der Waals surface area contributed by atoms with E-state index in [0.29, 0.717) is 25.3 Å². The highest BCUT2D eigenvalue weighted by Gasteiger charge is 2.36. The Morgan fingerprint density at radius 3 is 2.80 bits per heavy atom. The SMILES string of the molecule is Cl.O=C1NCCN(C(=O)c2n[nH]c3c2CNCC3)C1c1ccccc1. The molecule has 2 aromatic rings. The molecule has 0 aliphatic carbocycles. The summed E-state index contributed by atoms with van der Waals surface area (Å²) < 4.78 is 0. The first-order valence-corrected chi connectivity index (χ1v) is 8.16. The number of fused-ring (bicyclic) bond motifs is 1. The highest BCUT2D eigenvalue weighted by Crippen LogP contribution is 2.26. The van der Waals surface area contributed by atoms with Crippen molar-refractivity contribution in [3.8, 4) is 0 Å². The van der Waals surface area contributed by atoms with Gasteiger partial charge in [0.05, 0.1) is 0 Å². The zero-order valence-corrected chi connectivity index (χ0v) is 14.4. The number of hydrogen-bond donors (Lipinski definition) is 3. The van der Waals surface area contributed by atoms with E-state index in [1.165, 1.54) is 0 Å². The molecule has 1 saturated heterocycles. The average Bonchev–Trinajstić information content (AvgIpc) is 3.06. The Balaban J connectivity index is 0.00000182. The fourth-order valence-electron chi connectivity index (χ4n) is 3.39. The topological polar surface area (TPSA) is 90.1 Å². The maximum Gasteiger partial charge on any atom is 0.275 e. The van der Waals surface area contributed by atoms with Gasteiger partial charge in [-0.05, 0) is 5.56 Å². The van der Waals surface area contributed by atoms with Crippen molar-refractivity contribution in [1.29, 1.82) is 0 Å². The van der Waals surface area contributed by atoms with Crippen molar-refractivity contribution >= 4 is 24.2 Å². The predicted molar refractivity (Wildman–Crippen MR) is 94.5 cm³/mol. The molecule has 0 radical (unpaired) electrons. The van der Waals surface area contributed by atoms with Crippen molar-refractivity contribution in [2.75, 3.05) is 19.6 Å². The van der Waals surface area contributed by atoms with Crippen molar-refractivity contribution in [3.63, 3.8) is 0 Å². The first-order valence-electron chi connectivity index (χ1n) is 8.16. The van der Waals surface area contributed by atoms with Gasteiger partial charge in [-0.2, -0.15) is 5.10 Å². The molecule has 25 heavy (non-hydrogen) atoms. The van der Waals surface area contributed by atoms with Gasteiger partial charge in [0.25, 0.3) is 5.91 Å². The summed E-state index contributed by atoms with van der Waals surface area (Å²) in [7, 11) is 0. The maximum absolute atomic E-state index is 13.1. The van der Waals surface area contributed by atoms with E-state index < -0.39 is 6.04 Å². The molecule has 1 unspecified atom stereocenters. The van der Waals surface area contributed by atoms with Crippen LogP contribution < -0.4 is 10.6 Å². The van der Waals surface area contributed by atoms with Crippen LogP contribution in [0.4, 0.5) is 0 Å². The van der Waals surface area contributed by atoms with E-state index in [9.17, 15) is 9.59 Å². The van der Waals surface area contributed by atoms with Crippen LogP contribution in [0.2, 0.25) is 0 Å². The van der Waals surface area contributed by atoms with Crippen LogP contribution in [-0.4, -0.2) is 46.5 Å². The number of nitrogens with one attached hydrogen (secondary N) is 3. The molecule has 2 amide bonds. The largest absolute Gasteiger partial charge is 0.352 e. The number of nitrogens with zero attached hydrogens (tertiary/aromatic N) is 2. The van der Waals surface area contributed by atoms with Gasteiger partial charge in [-0.25, -0.2) is 0 Å². The summed E-state index contributed by atoms with van der Waals surface area (Å²) in [6, 6.07) is 8.78. The van der Waals surface area contributed by atoms with Gasteiger partial charge in [0.1, 0.15) is 6.04 Å². The number of piperazine rings is 1. The highest BCUT2D eigenvalue weighted by molar-refractivity contribution is 5.98. The molecule has 0 spiro atoms. The second kappa shape index (κ2) is 7.25. The standard InChI is InChI=1S/C17H19N5O2.ClH/c23-16-15(11-4-2-1-3-5-11)22(9-8-19-16)17(24)14-12-10-18-7-6-13(12)20-21-14;/h1-5,15,18H,6-10H2,(H,19,23)(H,20,21);1H. The Morgan fingerprint density at radius 2 is 2.00 bits per heavy atom. The monoisotopic (exact) mass is 361 g/mol. The normalized spacial score (nSPS) is 19.6. The molecule has 3 heterocycles. The average molecular weight is 362 g/mol. The third kappa shape index (κ3) is 3.12. The number of H-pyrrole nitrogens is 1. The van der Waals surface area contributed by atoms with Gasteiger partial charge in [-0.15, -0.1) is 12.4 Å². The van der Waals surface area contributed by atoms with Crippen LogP contribution >= 0.6 is 12.4 Å². The van der Waals surface area contributed by atoms with Gasteiger partial charge in [0, 0.05) is 43.9 Å². The summed E-state index contributed by atoms with van der Waals surface area (Å²) in [6.45, 7) is 2.43. The summed E-state index contributed by atoms with van der Waals surface area (Å²) in [6.07, 6.45) is 0.832. The third-order valence-electron chi connectivity index (χ3n) is 4.60. The number of amides is 2. The molecule has 1 aromatic heterocycles. The van der Waals surface area contributed by atoms with Crippen molar-refractivity contribution in [2.24, 2.45) is 0 Å². The molecule has 8 heteroatoms. The second-order valence-electron chi connectivity index (χ2n) is 6.06. The van der Waals surface area contributed by atoms with Crippen molar-refractivity contribution in [3.05, 3.63) is 52.8 Å². The van der Waals surface area contributed by atoms with Gasteiger partial charge in [0.2, 0.25) is 5.91 Å². The van der Waals surface area contributed by atoms with Crippen molar-refractivity contribution < 1.29 is 9.59 Å². The predicted octanol–water partition coefficient (Wildman–Crippen LogP) is 0.790. The number of aromatic amines is 1. The number of rotatable bonds is 2. The second-order valence-corrected chi connectivity index (χ2v) is 6.06. The molecule has 2 aliphatic rings. The molecule has 1 atom stereocenters. The zero-order chi connectivity index (χ0) is 16.5. The summed E-state index contributed by atoms with van der Waals surface area (Å²) in [5, 5.41) is 13.3. The molecule has 1 fully saturated rings. The van der Waals surface area contributed by atoms with Gasteiger partial charge >= 0.3 is 0 Å². The molecule has 0 saturated carbocycles. The Labute approximate surface area is 151 Å². The van der Waals surface area contributed by atoms with Gasteiger partial charge in [0.15, 0.2) is 5.69 Å². The van der Waals surface area contributed by atoms with Crippen LogP contribution in [0.5, 0.6) is 0 Å². The van der Waals surface area contributed by atoms with Crippen LogP contribution in [0.15, 0.2) is 30.3 Å². The number of halogens is 1. The molecule has 1 aromatic carbocycles. The molecule has 7 nitrogen and oxygen atoms in total. The van der Waals surface area contributed by atoms with E-state index in [2.05, 4.69) is 20.8 Å². The van der Waals surface area contributed by atoms with Crippen LogP contribution in [0, 0.1) is 0 Å². The number of hydrogen-bond acceptors (Lipinski definition) is 4. The van der Waals surface area contributed by atoms with Crippen LogP contribution in [0.3, 0.4) is 0 Å². The Kier molecular flexibility index (Phi) is 5.06. The Hall–Kier alpha value is -2.38. The van der Waals surface area contributed by atoms with Gasteiger partial charge in [-0.1, -0.05) is 30.3 Å². The summed E-state index contributed by atoms with van der Waals surface area (Å²) in [5.41, 5.74) is 3.16. The summed E-state index contributed by atoms with van der Waals surface area (Å²) in [4.78, 5) is 27.1. The fraction of sp³-hybridized carbons (Fsp3) is 0.353. The minimum absolute atomic E-state index is 0. The summed E-state index contributed by atoms with van der Waals surface area (Å²) >= 11 is 0. The quantitative estimate of drug-likeness (QED) is 0.737. The smallest absolute Gasteiger partial charge is 0.275 e. The maximum atomic E-state index is 13.1. The van der Waals surface area contributed by atoms with E-state index in [-0.39, 0.29) is 24.2 Å². The van der Waals surface area contributed by atoms with E-state index in [1.54, 1.807) is 4.90 Å². The molecular weight excluding hydrogens is 342 g/mol. The van der Waals surface area contributed by atoms with Crippen molar-refractivity contribution in [2.45, 2.75) is 19.0 Å². The van der Waals surface area contributed by atoms with Crippen LogP contribution in [0.25, 0.3) is 0 Å². The molecule has 2 aliphatic heterocycles. The molecular formula is C17H20ClN5O2. The Bertz CT molecular complexity index is 777. The molecule has 0 bridgehead atoms. The van der Waals surface area contributed by atoms with Crippen LogP contribution in [0.1, 0.15) is 33.4 Å². The molecule has 132 valence electrons. The minimum atomic E-state index is -0.614. The van der Waals surface area contributed by atoms with E-state index >= 15 is 0 Å². The van der Waals surface area contributed by atoms with E-state index in [4.69, 9.17) is 0 Å². The van der Waals surface area contributed by atoms with Crippen LogP contribution in [-0.2, 0) is 17.8 Å². The van der Waals surface area contributed by atoms with E-state index in [1.807, 2.05) is 30.3 Å². The lowest BCUT2D eigenvalue weighted by atomic mass is 10.0. The number of aromatic nitrogens is 2. The van der Waals surface area contributed by atoms with E-state index in [0.717, 1.165) is 29.8 Å². The van der Waals surface area contributed by atoms with Gasteiger partial charge < -0.3 is 15.5 Å². The van der Waals surface area contributed by atoms with Gasteiger partial charge in [-0.3, -0.25) is 14.7 Å². The third-order valence-corrected chi connectivity index (χ3v) is 4.60. The lowest BCUT2D eigenvalue weighted by molar-refractivity contribution is -0.128. The first-order chi connectivity index (χ1) is 11.8.